The minimum Gasteiger partial charge on any atom is -0.467 e. The highest BCUT2D eigenvalue weighted by molar-refractivity contribution is 5.95. The van der Waals surface area contributed by atoms with Crippen LogP contribution in [0.2, 0.25) is 0 Å². The van der Waals surface area contributed by atoms with Gasteiger partial charge < -0.3 is 20.1 Å². The van der Waals surface area contributed by atoms with Crippen LogP contribution in [0.3, 0.4) is 0 Å². The van der Waals surface area contributed by atoms with Crippen molar-refractivity contribution in [1.29, 1.82) is 0 Å². The number of rotatable bonds is 1. The second kappa shape index (κ2) is 8.23. The molecule has 0 spiro atoms. The SMILES string of the molecule is COC(=O)[C@@]12CC1/C=C\CC[C@H](C)CC[C@H](C)C(=O)N1C[C@@H](O)C[C@H]1C(=O)N2. The van der Waals surface area contributed by atoms with E-state index < -0.39 is 23.7 Å². The number of carbonyl (C=O) groups is 3. The fraction of sp³-hybridized carbons (Fsp3) is 0.762. The third-order valence-electron chi connectivity index (χ3n) is 6.48. The van der Waals surface area contributed by atoms with Gasteiger partial charge in [-0.25, -0.2) is 4.79 Å². The Morgan fingerprint density at radius 3 is 2.75 bits per heavy atom. The quantitative estimate of drug-likeness (QED) is 0.519. The molecule has 6 atom stereocenters. The number of methoxy groups -OCH3 is 1. The van der Waals surface area contributed by atoms with E-state index in [4.69, 9.17) is 4.74 Å². The van der Waals surface area contributed by atoms with Gasteiger partial charge in [-0.3, -0.25) is 9.59 Å². The molecule has 1 saturated carbocycles. The van der Waals surface area contributed by atoms with Gasteiger partial charge in [0.05, 0.1) is 13.2 Å². The van der Waals surface area contributed by atoms with Gasteiger partial charge in [-0.05, 0) is 38.0 Å². The standard InChI is InChI=1S/C21H32N2O5/c1-13-6-4-5-7-15-11-21(15,20(27)28-3)22-18(25)17-10-16(24)12-23(17)19(26)14(2)9-8-13/h5,7,13-17,24H,4,6,8-12H2,1-3H3,(H,22,25)/b7-5-/t13-,14-,15?,16-,17-,21+/m0/s1. The minimum absolute atomic E-state index is 0.0984. The lowest BCUT2D eigenvalue weighted by Gasteiger charge is -2.28. The Morgan fingerprint density at radius 1 is 1.29 bits per heavy atom. The van der Waals surface area contributed by atoms with E-state index in [1.807, 2.05) is 13.0 Å². The zero-order chi connectivity index (χ0) is 20.5. The molecule has 0 bridgehead atoms. The lowest BCUT2D eigenvalue weighted by atomic mass is 9.93. The van der Waals surface area contributed by atoms with Crippen molar-refractivity contribution >= 4 is 17.8 Å². The van der Waals surface area contributed by atoms with E-state index in [1.54, 1.807) is 0 Å². The number of aliphatic hydroxyl groups excluding tert-OH is 1. The van der Waals surface area contributed by atoms with Crippen LogP contribution in [0.1, 0.15) is 52.4 Å². The van der Waals surface area contributed by atoms with E-state index in [0.717, 1.165) is 25.7 Å². The van der Waals surface area contributed by atoms with Gasteiger partial charge in [-0.1, -0.05) is 26.0 Å². The smallest absolute Gasteiger partial charge is 0.332 e. The number of ether oxygens (including phenoxy) is 1. The minimum atomic E-state index is -1.05. The van der Waals surface area contributed by atoms with Gasteiger partial charge >= 0.3 is 5.97 Å². The number of hydrogen-bond acceptors (Lipinski definition) is 5. The van der Waals surface area contributed by atoms with Gasteiger partial charge in [0.1, 0.15) is 11.6 Å². The number of fused-ring (bicyclic) bond motifs is 2. The zero-order valence-electron chi connectivity index (χ0n) is 17.0. The van der Waals surface area contributed by atoms with Gasteiger partial charge in [0.25, 0.3) is 0 Å². The van der Waals surface area contributed by atoms with E-state index >= 15 is 0 Å². The summed E-state index contributed by atoms with van der Waals surface area (Å²) >= 11 is 0. The Bertz CT molecular complexity index is 663. The molecule has 1 unspecified atom stereocenters. The first-order chi connectivity index (χ1) is 13.3. The van der Waals surface area contributed by atoms with Crippen molar-refractivity contribution in [1.82, 2.24) is 10.2 Å². The summed E-state index contributed by atoms with van der Waals surface area (Å²) < 4.78 is 4.94. The molecule has 1 saturated heterocycles. The lowest BCUT2D eigenvalue weighted by molar-refractivity contribution is -0.148. The Kier molecular flexibility index (Phi) is 6.12. The van der Waals surface area contributed by atoms with Crippen LogP contribution in [0.15, 0.2) is 12.2 Å². The van der Waals surface area contributed by atoms with Crippen molar-refractivity contribution in [2.24, 2.45) is 17.8 Å². The molecule has 2 aliphatic heterocycles. The summed E-state index contributed by atoms with van der Waals surface area (Å²) in [5, 5.41) is 13.0. The van der Waals surface area contributed by atoms with Crippen LogP contribution in [0.25, 0.3) is 0 Å². The van der Waals surface area contributed by atoms with Gasteiger partial charge in [0, 0.05) is 24.8 Å². The highest BCUT2D eigenvalue weighted by Gasteiger charge is 2.62. The van der Waals surface area contributed by atoms with Crippen molar-refractivity contribution < 1.29 is 24.2 Å². The van der Waals surface area contributed by atoms with Crippen LogP contribution in [0.4, 0.5) is 0 Å². The van der Waals surface area contributed by atoms with Crippen molar-refractivity contribution in [2.75, 3.05) is 13.7 Å². The Morgan fingerprint density at radius 2 is 2.04 bits per heavy atom. The fourth-order valence-corrected chi connectivity index (χ4v) is 4.47. The van der Waals surface area contributed by atoms with Crippen molar-refractivity contribution in [3.63, 3.8) is 0 Å². The molecule has 2 amide bonds. The summed E-state index contributed by atoms with van der Waals surface area (Å²) in [5.74, 6) is -0.754. The molecule has 156 valence electrons. The van der Waals surface area contributed by atoms with Crippen LogP contribution < -0.4 is 5.32 Å². The van der Waals surface area contributed by atoms with Crippen LogP contribution in [0.5, 0.6) is 0 Å². The zero-order valence-corrected chi connectivity index (χ0v) is 17.0. The number of hydrogen-bond donors (Lipinski definition) is 2. The molecule has 0 radical (unpaired) electrons. The first-order valence-electron chi connectivity index (χ1n) is 10.3. The van der Waals surface area contributed by atoms with Crippen LogP contribution in [-0.2, 0) is 19.1 Å². The Balaban J connectivity index is 1.86. The molecule has 2 heterocycles. The number of aliphatic hydroxyl groups is 1. The normalized spacial score (nSPS) is 40.4. The van der Waals surface area contributed by atoms with Crippen LogP contribution in [-0.4, -0.2) is 59.1 Å². The lowest BCUT2D eigenvalue weighted by Crippen LogP contribution is -2.53. The molecule has 7 nitrogen and oxygen atoms in total. The summed E-state index contributed by atoms with van der Waals surface area (Å²) in [6.07, 6.45) is 7.68. The van der Waals surface area contributed by atoms with Gasteiger partial charge in [-0.2, -0.15) is 0 Å². The fourth-order valence-electron chi connectivity index (χ4n) is 4.47. The third-order valence-corrected chi connectivity index (χ3v) is 6.48. The van der Waals surface area contributed by atoms with E-state index in [2.05, 4.69) is 18.3 Å². The van der Waals surface area contributed by atoms with Crippen LogP contribution in [0, 0.1) is 17.8 Å². The number of amides is 2. The molecule has 2 fully saturated rings. The number of nitrogens with zero attached hydrogens (tertiary/aromatic N) is 1. The maximum Gasteiger partial charge on any atom is 0.332 e. The van der Waals surface area contributed by atoms with E-state index in [-0.39, 0.29) is 36.6 Å². The second-order valence-corrected chi connectivity index (χ2v) is 8.75. The molecule has 3 rings (SSSR count). The molecule has 28 heavy (non-hydrogen) atoms. The van der Waals surface area contributed by atoms with Crippen LogP contribution >= 0.6 is 0 Å². The Hall–Kier alpha value is -1.89. The number of carbonyl (C=O) groups excluding carboxylic acids is 3. The third kappa shape index (κ3) is 4.09. The predicted octanol–water partition coefficient (Wildman–Crippen LogP) is 1.40. The van der Waals surface area contributed by atoms with Gasteiger partial charge in [0.15, 0.2) is 0 Å². The summed E-state index contributed by atoms with van der Waals surface area (Å²) in [4.78, 5) is 39.8. The summed E-state index contributed by atoms with van der Waals surface area (Å²) in [7, 11) is 1.32. The first-order valence-corrected chi connectivity index (χ1v) is 10.3. The maximum atomic E-state index is 13.0. The van der Waals surface area contributed by atoms with E-state index in [0.29, 0.717) is 12.3 Å². The van der Waals surface area contributed by atoms with E-state index in [9.17, 15) is 19.5 Å². The molecule has 0 aromatic rings. The summed E-state index contributed by atoms with van der Waals surface area (Å²) in [5.41, 5.74) is -1.05. The summed E-state index contributed by atoms with van der Waals surface area (Å²) in [6.45, 7) is 4.23. The second-order valence-electron chi connectivity index (χ2n) is 8.75. The molecular formula is C21H32N2O5. The molecule has 2 N–H and O–H groups in total. The topological polar surface area (TPSA) is 95.9 Å². The molecule has 1 aliphatic carbocycles. The molecular weight excluding hydrogens is 360 g/mol. The van der Waals surface area contributed by atoms with E-state index in [1.165, 1.54) is 12.0 Å². The highest BCUT2D eigenvalue weighted by Crippen LogP contribution is 2.46. The van der Waals surface area contributed by atoms with Crippen molar-refractivity contribution in [3.05, 3.63) is 12.2 Å². The molecule has 7 heteroatoms. The summed E-state index contributed by atoms with van der Waals surface area (Å²) in [6, 6.07) is -0.751. The maximum absolute atomic E-state index is 13.0. The average Bonchev–Trinajstić information content (AvgIpc) is 3.22. The monoisotopic (exact) mass is 392 g/mol. The molecule has 3 aliphatic rings. The Labute approximate surface area is 166 Å². The highest BCUT2D eigenvalue weighted by atomic mass is 16.5. The molecule has 0 aromatic heterocycles. The average molecular weight is 392 g/mol. The largest absolute Gasteiger partial charge is 0.467 e. The predicted molar refractivity (Wildman–Crippen MR) is 103 cm³/mol. The van der Waals surface area contributed by atoms with Gasteiger partial charge in [0.2, 0.25) is 11.8 Å². The number of allylic oxidation sites excluding steroid dienone is 1. The van der Waals surface area contributed by atoms with Gasteiger partial charge in [-0.15, -0.1) is 0 Å². The number of esters is 1. The number of nitrogens with one attached hydrogen (secondary N) is 1. The van der Waals surface area contributed by atoms with Crippen molar-refractivity contribution in [2.45, 2.75) is 70.1 Å². The molecule has 0 aromatic carbocycles. The van der Waals surface area contributed by atoms with Crippen molar-refractivity contribution in [3.8, 4) is 0 Å². The first kappa shape index (κ1) is 20.8.